The fourth-order valence-electron chi connectivity index (χ4n) is 0.987. The van der Waals surface area contributed by atoms with Gasteiger partial charge in [0, 0.05) is 6.54 Å². The fraction of sp³-hybridized carbons (Fsp3) is 0.333. The van der Waals surface area contributed by atoms with Gasteiger partial charge in [-0.05, 0) is 12.1 Å². The third kappa shape index (κ3) is 3.99. The Morgan fingerprint density at radius 2 is 1.76 bits per heavy atom. The Balaban J connectivity index is 2.70. The summed E-state index contributed by atoms with van der Waals surface area (Å²) in [5.41, 5.74) is 0. The van der Waals surface area contributed by atoms with Gasteiger partial charge in [0.2, 0.25) is 10.0 Å². The third-order valence-corrected chi connectivity index (χ3v) is 3.34. The monoisotopic (exact) mass is 269 g/mol. The quantitative estimate of drug-likeness (QED) is 0.853. The molecule has 0 fully saturated rings. The van der Waals surface area contributed by atoms with Crippen LogP contribution in [0.2, 0.25) is 0 Å². The Kier molecular flexibility index (Phi) is 4.12. The largest absolute Gasteiger partial charge is 0.415 e. The standard InChI is InChI=1S/C9H10F3NO3S/c10-9(11,12)8(14)6-13-17(15,16)7-4-2-1-3-5-7/h1-5,8,13-14H,6H2. The van der Waals surface area contributed by atoms with Crippen LogP contribution >= 0.6 is 0 Å². The maximum absolute atomic E-state index is 11.9. The third-order valence-electron chi connectivity index (χ3n) is 1.90. The molecule has 1 aromatic rings. The SMILES string of the molecule is O=S(=O)(NCC(O)C(F)(F)F)c1ccccc1. The summed E-state index contributed by atoms with van der Waals surface area (Å²) < 4.78 is 60.5. The number of hydrogen-bond donors (Lipinski definition) is 2. The molecule has 0 spiro atoms. The van der Waals surface area contributed by atoms with Crippen LogP contribution in [0, 0.1) is 0 Å². The first-order valence-electron chi connectivity index (χ1n) is 4.53. The summed E-state index contributed by atoms with van der Waals surface area (Å²) in [7, 11) is -4.03. The molecule has 0 bridgehead atoms. The van der Waals surface area contributed by atoms with E-state index in [4.69, 9.17) is 5.11 Å². The van der Waals surface area contributed by atoms with E-state index in [0.29, 0.717) is 0 Å². The maximum Gasteiger partial charge on any atom is 0.415 e. The van der Waals surface area contributed by atoms with Crippen LogP contribution in [-0.4, -0.2) is 32.3 Å². The molecule has 96 valence electrons. The average molecular weight is 269 g/mol. The highest BCUT2D eigenvalue weighted by molar-refractivity contribution is 7.89. The van der Waals surface area contributed by atoms with Crippen LogP contribution in [0.4, 0.5) is 13.2 Å². The number of aliphatic hydroxyl groups is 1. The Morgan fingerprint density at radius 1 is 1.24 bits per heavy atom. The van der Waals surface area contributed by atoms with Gasteiger partial charge in [-0.1, -0.05) is 18.2 Å². The highest BCUT2D eigenvalue weighted by Crippen LogP contribution is 2.19. The molecule has 1 rings (SSSR count). The Morgan fingerprint density at radius 3 is 2.24 bits per heavy atom. The van der Waals surface area contributed by atoms with Gasteiger partial charge in [0.25, 0.3) is 0 Å². The van der Waals surface area contributed by atoms with Crippen molar-refractivity contribution in [2.45, 2.75) is 17.2 Å². The first-order valence-corrected chi connectivity index (χ1v) is 6.01. The number of rotatable bonds is 4. The van der Waals surface area contributed by atoms with Gasteiger partial charge >= 0.3 is 6.18 Å². The number of hydrogen-bond acceptors (Lipinski definition) is 3. The zero-order chi connectivity index (χ0) is 13.1. The summed E-state index contributed by atoms with van der Waals surface area (Å²) in [6, 6.07) is 6.93. The molecule has 17 heavy (non-hydrogen) atoms. The second kappa shape index (κ2) is 5.03. The Labute approximate surface area is 96.1 Å². The van der Waals surface area contributed by atoms with Gasteiger partial charge in [-0.25, -0.2) is 13.1 Å². The smallest absolute Gasteiger partial charge is 0.382 e. The summed E-state index contributed by atoms with van der Waals surface area (Å²) in [6.45, 7) is -1.11. The van der Waals surface area contributed by atoms with Crippen molar-refractivity contribution in [2.24, 2.45) is 0 Å². The van der Waals surface area contributed by atoms with E-state index in [9.17, 15) is 21.6 Å². The zero-order valence-electron chi connectivity index (χ0n) is 8.48. The number of halogens is 3. The van der Waals surface area contributed by atoms with Gasteiger partial charge in [-0.2, -0.15) is 13.2 Å². The molecule has 0 amide bonds. The Bertz CT molecular complexity index is 458. The molecule has 0 heterocycles. The first kappa shape index (κ1) is 13.9. The van der Waals surface area contributed by atoms with E-state index in [-0.39, 0.29) is 4.90 Å². The summed E-state index contributed by atoms with van der Waals surface area (Å²) in [6.07, 6.45) is -7.57. The fourth-order valence-corrected chi connectivity index (χ4v) is 2.05. The second-order valence-corrected chi connectivity index (χ2v) is 4.99. The highest BCUT2D eigenvalue weighted by atomic mass is 32.2. The van der Waals surface area contributed by atoms with Gasteiger partial charge in [0.05, 0.1) is 4.90 Å². The Hall–Kier alpha value is -1.12. The molecular formula is C9H10F3NO3S. The van der Waals surface area contributed by atoms with Crippen LogP contribution in [0.5, 0.6) is 0 Å². The topological polar surface area (TPSA) is 66.4 Å². The van der Waals surface area contributed by atoms with Crippen molar-refractivity contribution < 1.29 is 26.7 Å². The first-order chi connectivity index (χ1) is 7.73. The predicted octanol–water partition coefficient (Wildman–Crippen LogP) is 0.888. The molecule has 4 nitrogen and oxygen atoms in total. The van der Waals surface area contributed by atoms with Crippen molar-refractivity contribution in [3.05, 3.63) is 30.3 Å². The van der Waals surface area contributed by atoms with Crippen molar-refractivity contribution in [1.29, 1.82) is 0 Å². The van der Waals surface area contributed by atoms with Crippen LogP contribution in [0.25, 0.3) is 0 Å². The van der Waals surface area contributed by atoms with E-state index >= 15 is 0 Å². The molecule has 1 unspecified atom stereocenters. The maximum atomic E-state index is 11.9. The van der Waals surface area contributed by atoms with Crippen molar-refractivity contribution in [1.82, 2.24) is 4.72 Å². The molecular weight excluding hydrogens is 259 g/mol. The molecule has 0 aliphatic rings. The highest BCUT2D eigenvalue weighted by Gasteiger charge is 2.38. The van der Waals surface area contributed by atoms with Crippen LogP contribution in [-0.2, 0) is 10.0 Å². The molecule has 0 aromatic heterocycles. The van der Waals surface area contributed by atoms with E-state index in [1.807, 2.05) is 0 Å². The molecule has 1 aromatic carbocycles. The van der Waals surface area contributed by atoms with Crippen molar-refractivity contribution in [3.63, 3.8) is 0 Å². The normalized spacial score (nSPS) is 14.6. The van der Waals surface area contributed by atoms with Crippen molar-refractivity contribution >= 4 is 10.0 Å². The van der Waals surface area contributed by atoms with Crippen LogP contribution in [0.3, 0.4) is 0 Å². The van der Waals surface area contributed by atoms with Gasteiger partial charge in [-0.15, -0.1) is 0 Å². The van der Waals surface area contributed by atoms with Crippen LogP contribution < -0.4 is 4.72 Å². The lowest BCUT2D eigenvalue weighted by molar-refractivity contribution is -0.200. The zero-order valence-corrected chi connectivity index (χ0v) is 9.29. The number of alkyl halides is 3. The number of sulfonamides is 1. The summed E-state index contributed by atoms with van der Waals surface area (Å²) in [5.74, 6) is 0. The molecule has 1 atom stereocenters. The molecule has 2 N–H and O–H groups in total. The number of benzene rings is 1. The number of aliphatic hydroxyl groups excluding tert-OH is 1. The van der Waals surface area contributed by atoms with Crippen molar-refractivity contribution in [2.75, 3.05) is 6.54 Å². The van der Waals surface area contributed by atoms with Gasteiger partial charge in [0.15, 0.2) is 6.10 Å². The molecule has 0 radical (unpaired) electrons. The summed E-state index contributed by atoms with van der Waals surface area (Å²) >= 11 is 0. The lowest BCUT2D eigenvalue weighted by Crippen LogP contribution is -2.40. The van der Waals surface area contributed by atoms with E-state index in [0.717, 1.165) is 0 Å². The minimum Gasteiger partial charge on any atom is -0.382 e. The lowest BCUT2D eigenvalue weighted by atomic mass is 10.4. The predicted molar refractivity (Wildman–Crippen MR) is 53.7 cm³/mol. The van der Waals surface area contributed by atoms with Gasteiger partial charge < -0.3 is 5.11 Å². The minimum absolute atomic E-state index is 0.158. The molecule has 0 saturated heterocycles. The van der Waals surface area contributed by atoms with Gasteiger partial charge in [0.1, 0.15) is 0 Å². The van der Waals surface area contributed by atoms with Gasteiger partial charge in [-0.3, -0.25) is 0 Å². The van der Waals surface area contributed by atoms with Crippen molar-refractivity contribution in [3.8, 4) is 0 Å². The van der Waals surface area contributed by atoms with E-state index in [2.05, 4.69) is 0 Å². The molecule has 0 saturated carbocycles. The van der Waals surface area contributed by atoms with E-state index in [1.54, 1.807) is 10.8 Å². The minimum atomic E-state index is -4.85. The lowest BCUT2D eigenvalue weighted by Gasteiger charge is -2.15. The van der Waals surface area contributed by atoms with Crippen LogP contribution in [0.1, 0.15) is 0 Å². The van der Waals surface area contributed by atoms with E-state index < -0.39 is 28.8 Å². The number of nitrogens with one attached hydrogen (secondary N) is 1. The second-order valence-electron chi connectivity index (χ2n) is 3.22. The molecule has 0 aliphatic heterocycles. The van der Waals surface area contributed by atoms with E-state index in [1.165, 1.54) is 24.3 Å². The summed E-state index contributed by atoms with van der Waals surface area (Å²) in [4.78, 5) is -0.158. The summed E-state index contributed by atoms with van der Waals surface area (Å²) in [5, 5.41) is 8.64. The van der Waals surface area contributed by atoms with Crippen LogP contribution in [0.15, 0.2) is 35.2 Å². The average Bonchev–Trinajstić information content (AvgIpc) is 2.26. The molecule has 8 heteroatoms. The molecule has 0 aliphatic carbocycles.